The number of carbonyl (C=O) groups is 3. The summed E-state index contributed by atoms with van der Waals surface area (Å²) in [7, 11) is 0. The Labute approximate surface area is 181 Å². The van der Waals surface area contributed by atoms with Gasteiger partial charge in [-0.25, -0.2) is 4.79 Å². The molecule has 1 saturated heterocycles. The number of likely N-dealkylation sites (tertiary alicyclic amines) is 1. The summed E-state index contributed by atoms with van der Waals surface area (Å²) >= 11 is 0. The normalized spacial score (nSPS) is 21.2. The van der Waals surface area contributed by atoms with Gasteiger partial charge in [-0.05, 0) is 51.5 Å². The minimum Gasteiger partial charge on any atom is -0.478 e. The van der Waals surface area contributed by atoms with Crippen LogP contribution in [0.1, 0.15) is 74.1 Å². The molecular weight excluding hydrogens is 382 g/mol. The molecule has 1 rings (SSSR count). The molecule has 0 radical (unpaired) electrons. The molecular formula is C23H41N3O4. The summed E-state index contributed by atoms with van der Waals surface area (Å²) in [5.74, 6) is -1.46. The monoisotopic (exact) mass is 423 g/mol. The SMILES string of the molecule is CCC(C)N1CCCCC1C(=O)N[C@H](C(=O)N[C@H](C=C(C)C(=O)O)C(C)C)C(C)C. The number of piperidine rings is 1. The maximum Gasteiger partial charge on any atom is 0.331 e. The van der Waals surface area contributed by atoms with Crippen LogP contribution in [0.5, 0.6) is 0 Å². The number of nitrogens with zero attached hydrogens (tertiary/aromatic N) is 1. The van der Waals surface area contributed by atoms with Crippen molar-refractivity contribution in [3.63, 3.8) is 0 Å². The Bertz CT molecular complexity index is 630. The van der Waals surface area contributed by atoms with Crippen LogP contribution in [0.15, 0.2) is 11.6 Å². The third kappa shape index (κ3) is 7.42. The van der Waals surface area contributed by atoms with Gasteiger partial charge in [0.05, 0.1) is 12.1 Å². The highest BCUT2D eigenvalue weighted by atomic mass is 16.4. The van der Waals surface area contributed by atoms with Crippen molar-refractivity contribution in [1.29, 1.82) is 0 Å². The van der Waals surface area contributed by atoms with E-state index in [1.807, 2.05) is 27.7 Å². The number of amides is 2. The highest BCUT2D eigenvalue weighted by Crippen LogP contribution is 2.21. The van der Waals surface area contributed by atoms with E-state index in [1.54, 1.807) is 6.08 Å². The zero-order chi connectivity index (χ0) is 23.0. The predicted molar refractivity (Wildman–Crippen MR) is 119 cm³/mol. The summed E-state index contributed by atoms with van der Waals surface area (Å²) in [6.07, 6.45) is 5.45. The Morgan fingerprint density at radius 2 is 1.70 bits per heavy atom. The van der Waals surface area contributed by atoms with Gasteiger partial charge in [-0.15, -0.1) is 0 Å². The highest BCUT2D eigenvalue weighted by Gasteiger charge is 2.34. The van der Waals surface area contributed by atoms with Gasteiger partial charge < -0.3 is 15.7 Å². The van der Waals surface area contributed by atoms with Crippen molar-refractivity contribution in [2.24, 2.45) is 11.8 Å². The summed E-state index contributed by atoms with van der Waals surface area (Å²) < 4.78 is 0. The molecule has 1 aliphatic rings. The van der Waals surface area contributed by atoms with Crippen molar-refractivity contribution in [3.05, 3.63) is 11.6 Å². The fourth-order valence-electron chi connectivity index (χ4n) is 3.78. The van der Waals surface area contributed by atoms with Gasteiger partial charge in [-0.3, -0.25) is 14.5 Å². The van der Waals surface area contributed by atoms with E-state index in [0.29, 0.717) is 6.04 Å². The number of carboxylic acid groups (broad SMARTS) is 1. The van der Waals surface area contributed by atoms with Gasteiger partial charge >= 0.3 is 5.97 Å². The summed E-state index contributed by atoms with van der Waals surface area (Å²) in [6, 6.07) is -0.976. The zero-order valence-electron chi connectivity index (χ0n) is 19.7. The Balaban J connectivity index is 2.94. The molecule has 0 aromatic rings. The number of carbonyl (C=O) groups excluding carboxylic acids is 2. The van der Waals surface area contributed by atoms with Crippen LogP contribution in [0.2, 0.25) is 0 Å². The molecule has 1 fully saturated rings. The number of rotatable bonds is 10. The number of hydrogen-bond acceptors (Lipinski definition) is 4. The van der Waals surface area contributed by atoms with Gasteiger partial charge in [0.25, 0.3) is 0 Å². The fraction of sp³-hybridized carbons (Fsp3) is 0.783. The molecule has 7 nitrogen and oxygen atoms in total. The fourth-order valence-corrected chi connectivity index (χ4v) is 3.78. The van der Waals surface area contributed by atoms with Crippen molar-refractivity contribution in [2.75, 3.05) is 6.54 Å². The van der Waals surface area contributed by atoms with E-state index in [0.717, 1.165) is 32.2 Å². The molecule has 0 aliphatic carbocycles. The first-order valence-electron chi connectivity index (χ1n) is 11.3. The van der Waals surface area contributed by atoms with Gasteiger partial charge in [0.1, 0.15) is 6.04 Å². The maximum atomic E-state index is 13.1. The lowest BCUT2D eigenvalue weighted by atomic mass is 9.96. The standard InChI is InChI=1S/C23H41N3O4/c1-8-17(7)26-12-10-9-11-19(26)21(27)25-20(15(4)5)22(28)24-18(14(2)3)13-16(6)23(29)30/h13-15,17-20H,8-12H2,1-7H3,(H,24,28)(H,25,27)(H,29,30)/t17?,18-,19?,20+/m1/s1. The van der Waals surface area contributed by atoms with E-state index >= 15 is 0 Å². The molecule has 7 heteroatoms. The van der Waals surface area contributed by atoms with E-state index in [9.17, 15) is 14.4 Å². The van der Waals surface area contributed by atoms with Crippen LogP contribution in [0, 0.1) is 11.8 Å². The number of hydrogen-bond donors (Lipinski definition) is 3. The number of carboxylic acids is 1. The first kappa shape index (κ1) is 26.1. The molecule has 0 bridgehead atoms. The van der Waals surface area contributed by atoms with Crippen molar-refractivity contribution in [3.8, 4) is 0 Å². The molecule has 1 heterocycles. The average molecular weight is 424 g/mol. The lowest BCUT2D eigenvalue weighted by Gasteiger charge is -2.39. The Morgan fingerprint density at radius 3 is 2.20 bits per heavy atom. The van der Waals surface area contributed by atoms with Crippen molar-refractivity contribution in [1.82, 2.24) is 15.5 Å². The molecule has 0 aromatic carbocycles. The molecule has 0 saturated carbocycles. The lowest BCUT2D eigenvalue weighted by molar-refractivity contribution is -0.134. The Hall–Kier alpha value is -1.89. The summed E-state index contributed by atoms with van der Waals surface area (Å²) in [4.78, 5) is 39.6. The Morgan fingerprint density at radius 1 is 1.07 bits per heavy atom. The third-order valence-electron chi connectivity index (χ3n) is 6.04. The highest BCUT2D eigenvalue weighted by molar-refractivity contribution is 5.90. The summed E-state index contributed by atoms with van der Waals surface area (Å²) in [6.45, 7) is 14.3. The lowest BCUT2D eigenvalue weighted by Crippen LogP contribution is -2.58. The van der Waals surface area contributed by atoms with Gasteiger partial charge in [-0.2, -0.15) is 0 Å². The topological polar surface area (TPSA) is 98.7 Å². The van der Waals surface area contributed by atoms with Gasteiger partial charge in [0.15, 0.2) is 0 Å². The molecule has 1 aliphatic heterocycles. The van der Waals surface area contributed by atoms with Crippen molar-refractivity contribution < 1.29 is 19.5 Å². The van der Waals surface area contributed by atoms with Crippen LogP contribution >= 0.6 is 0 Å². The van der Waals surface area contributed by atoms with E-state index < -0.39 is 18.1 Å². The second-order valence-electron chi connectivity index (χ2n) is 9.17. The second kappa shape index (κ2) is 12.1. The third-order valence-corrected chi connectivity index (χ3v) is 6.04. The molecule has 172 valence electrons. The molecule has 0 spiro atoms. The van der Waals surface area contributed by atoms with Gasteiger partial charge in [0.2, 0.25) is 11.8 Å². The van der Waals surface area contributed by atoms with Gasteiger partial charge in [-0.1, -0.05) is 47.1 Å². The van der Waals surface area contributed by atoms with Crippen LogP contribution < -0.4 is 10.6 Å². The van der Waals surface area contributed by atoms with Crippen LogP contribution in [0.3, 0.4) is 0 Å². The minimum atomic E-state index is -1.01. The van der Waals surface area contributed by atoms with E-state index in [4.69, 9.17) is 5.11 Å². The van der Waals surface area contributed by atoms with E-state index in [2.05, 4.69) is 29.4 Å². The van der Waals surface area contributed by atoms with Crippen LogP contribution in [0.4, 0.5) is 0 Å². The maximum absolute atomic E-state index is 13.1. The quantitative estimate of drug-likeness (QED) is 0.469. The molecule has 0 aromatic heterocycles. The van der Waals surface area contributed by atoms with Crippen LogP contribution in [-0.4, -0.2) is 58.5 Å². The predicted octanol–water partition coefficient (Wildman–Crippen LogP) is 2.95. The molecule has 2 amide bonds. The molecule has 3 N–H and O–H groups in total. The smallest absolute Gasteiger partial charge is 0.331 e. The first-order valence-corrected chi connectivity index (χ1v) is 11.3. The average Bonchev–Trinajstić information content (AvgIpc) is 2.69. The number of nitrogens with one attached hydrogen (secondary N) is 2. The molecule has 4 atom stereocenters. The van der Waals surface area contributed by atoms with Crippen molar-refractivity contribution >= 4 is 17.8 Å². The van der Waals surface area contributed by atoms with Crippen molar-refractivity contribution in [2.45, 2.75) is 98.3 Å². The molecule has 2 unspecified atom stereocenters. The van der Waals surface area contributed by atoms with E-state index in [1.165, 1.54) is 6.92 Å². The van der Waals surface area contributed by atoms with Crippen LogP contribution in [0.25, 0.3) is 0 Å². The van der Waals surface area contributed by atoms with Gasteiger partial charge in [0, 0.05) is 11.6 Å². The largest absolute Gasteiger partial charge is 0.478 e. The minimum absolute atomic E-state index is 0.0194. The van der Waals surface area contributed by atoms with Crippen LogP contribution in [-0.2, 0) is 14.4 Å². The summed E-state index contributed by atoms with van der Waals surface area (Å²) in [5.41, 5.74) is 0.186. The van der Waals surface area contributed by atoms with E-state index in [-0.39, 0.29) is 35.3 Å². The number of aliphatic carboxylic acids is 1. The Kier molecular flexibility index (Phi) is 10.5. The zero-order valence-corrected chi connectivity index (χ0v) is 19.7. The molecule has 30 heavy (non-hydrogen) atoms. The summed E-state index contributed by atoms with van der Waals surface area (Å²) in [5, 5.41) is 15.1. The second-order valence-corrected chi connectivity index (χ2v) is 9.17. The first-order chi connectivity index (χ1) is 14.0.